The van der Waals surface area contributed by atoms with Gasteiger partial charge in [0.05, 0.1) is 17.1 Å². The Morgan fingerprint density at radius 3 is 2.68 bits per heavy atom. The molecule has 0 spiro atoms. The topological polar surface area (TPSA) is 83.9 Å². The summed E-state index contributed by atoms with van der Waals surface area (Å²) in [6.07, 6.45) is 1.55. The van der Waals surface area contributed by atoms with Crippen LogP contribution in [0.2, 0.25) is 0 Å². The van der Waals surface area contributed by atoms with E-state index in [1.165, 1.54) is 18.2 Å². The Kier molecular flexibility index (Phi) is 3.88. The number of carbonyl (C=O) groups is 1. The molecule has 7 heteroatoms. The van der Waals surface area contributed by atoms with Crippen molar-refractivity contribution in [1.29, 1.82) is 0 Å². The second-order valence-electron chi connectivity index (χ2n) is 4.35. The molecule has 0 amide bonds. The Morgan fingerprint density at radius 1 is 1.37 bits per heavy atom. The van der Waals surface area contributed by atoms with Crippen molar-refractivity contribution >= 4 is 16.0 Å². The van der Waals surface area contributed by atoms with Gasteiger partial charge in [-0.15, -0.1) is 0 Å². The summed E-state index contributed by atoms with van der Waals surface area (Å²) < 4.78 is 25.5. The summed E-state index contributed by atoms with van der Waals surface area (Å²) >= 11 is 0. The van der Waals surface area contributed by atoms with E-state index in [1.54, 1.807) is 6.92 Å². The van der Waals surface area contributed by atoms with Gasteiger partial charge in [0.1, 0.15) is 0 Å². The van der Waals surface area contributed by atoms with Gasteiger partial charge in [-0.05, 0) is 37.5 Å². The molecule has 19 heavy (non-hydrogen) atoms. The van der Waals surface area contributed by atoms with Crippen LogP contribution in [0.25, 0.3) is 0 Å². The van der Waals surface area contributed by atoms with Gasteiger partial charge in [0.15, 0.2) is 0 Å². The highest BCUT2D eigenvalue weighted by Crippen LogP contribution is 2.22. The van der Waals surface area contributed by atoms with Gasteiger partial charge >= 0.3 is 5.97 Å². The molecule has 6 nitrogen and oxygen atoms in total. The quantitative estimate of drug-likeness (QED) is 0.907. The van der Waals surface area contributed by atoms with E-state index < -0.39 is 16.0 Å². The third-order valence-corrected chi connectivity index (χ3v) is 4.65. The maximum atomic E-state index is 12.3. The molecule has 0 aromatic heterocycles. The van der Waals surface area contributed by atoms with Crippen molar-refractivity contribution in [2.24, 2.45) is 0 Å². The summed E-state index contributed by atoms with van der Waals surface area (Å²) in [5.41, 5.74) is 0.504. The first-order valence-corrected chi connectivity index (χ1v) is 7.36. The van der Waals surface area contributed by atoms with Gasteiger partial charge in [0.25, 0.3) is 10.0 Å². The number of hydrogen-bond acceptors (Lipinski definition) is 4. The van der Waals surface area contributed by atoms with Crippen LogP contribution in [0.5, 0.6) is 0 Å². The zero-order valence-electron chi connectivity index (χ0n) is 10.5. The van der Waals surface area contributed by atoms with Crippen molar-refractivity contribution in [3.05, 3.63) is 29.3 Å². The molecule has 1 aliphatic rings. The van der Waals surface area contributed by atoms with Gasteiger partial charge in [-0.3, -0.25) is 4.84 Å². The molecule has 1 fully saturated rings. The fraction of sp³-hybridized carbons (Fsp3) is 0.417. The average molecular weight is 285 g/mol. The molecule has 0 unspecified atom stereocenters. The van der Waals surface area contributed by atoms with Gasteiger partial charge in [0.2, 0.25) is 0 Å². The Labute approximate surface area is 111 Å². The van der Waals surface area contributed by atoms with Crippen LogP contribution in [-0.4, -0.2) is 37.1 Å². The van der Waals surface area contributed by atoms with Crippen molar-refractivity contribution in [1.82, 2.24) is 4.47 Å². The second kappa shape index (κ2) is 5.28. The molecule has 1 heterocycles. The number of sulfonamides is 1. The molecule has 0 saturated carbocycles. The number of carboxylic acid groups (broad SMARTS) is 1. The van der Waals surface area contributed by atoms with E-state index in [2.05, 4.69) is 0 Å². The lowest BCUT2D eigenvalue weighted by Crippen LogP contribution is -2.35. The predicted octanol–water partition coefficient (Wildman–Crippen LogP) is 1.41. The van der Waals surface area contributed by atoms with E-state index in [4.69, 9.17) is 9.94 Å². The minimum atomic E-state index is -3.79. The summed E-state index contributed by atoms with van der Waals surface area (Å²) in [6, 6.07) is 4.06. The van der Waals surface area contributed by atoms with Crippen LogP contribution in [0, 0.1) is 6.92 Å². The number of aromatic carboxylic acids is 1. The maximum Gasteiger partial charge on any atom is 0.335 e. The first kappa shape index (κ1) is 14.0. The summed E-state index contributed by atoms with van der Waals surface area (Å²) in [5, 5.41) is 9.03. The van der Waals surface area contributed by atoms with Crippen molar-refractivity contribution in [2.45, 2.75) is 24.7 Å². The molecule has 1 N–H and O–H groups in total. The van der Waals surface area contributed by atoms with E-state index in [0.29, 0.717) is 18.7 Å². The third kappa shape index (κ3) is 2.78. The summed E-state index contributed by atoms with van der Waals surface area (Å²) in [7, 11) is -3.79. The van der Waals surface area contributed by atoms with Crippen molar-refractivity contribution in [3.8, 4) is 0 Å². The maximum absolute atomic E-state index is 12.3. The number of nitrogens with zero attached hydrogens (tertiary/aromatic N) is 1. The Morgan fingerprint density at radius 2 is 2.11 bits per heavy atom. The van der Waals surface area contributed by atoms with Crippen molar-refractivity contribution in [2.75, 3.05) is 13.2 Å². The highest BCUT2D eigenvalue weighted by atomic mass is 32.2. The van der Waals surface area contributed by atoms with Crippen LogP contribution in [0.15, 0.2) is 23.1 Å². The van der Waals surface area contributed by atoms with Crippen molar-refractivity contribution < 1.29 is 23.2 Å². The van der Waals surface area contributed by atoms with Crippen molar-refractivity contribution in [3.63, 3.8) is 0 Å². The number of hydroxylamine groups is 1. The molecule has 0 bridgehead atoms. The minimum Gasteiger partial charge on any atom is -0.478 e. The number of hydrogen-bond donors (Lipinski definition) is 1. The molecule has 0 aliphatic carbocycles. The van der Waals surface area contributed by atoms with Gasteiger partial charge in [-0.25, -0.2) is 13.2 Å². The normalized spacial score (nSPS) is 17.3. The molecule has 0 radical (unpaired) electrons. The SMILES string of the molecule is Cc1ccc(S(=O)(=O)N2CCCCO2)cc1C(=O)O. The highest BCUT2D eigenvalue weighted by molar-refractivity contribution is 7.89. The predicted molar refractivity (Wildman–Crippen MR) is 67.2 cm³/mol. The van der Waals surface area contributed by atoms with Crippen LogP contribution in [0.3, 0.4) is 0 Å². The molecule has 1 aromatic carbocycles. The van der Waals surface area contributed by atoms with E-state index in [-0.39, 0.29) is 10.5 Å². The van der Waals surface area contributed by atoms with Gasteiger partial charge in [-0.1, -0.05) is 10.5 Å². The van der Waals surface area contributed by atoms with E-state index in [9.17, 15) is 13.2 Å². The van der Waals surface area contributed by atoms with E-state index >= 15 is 0 Å². The first-order valence-electron chi connectivity index (χ1n) is 5.92. The molecular weight excluding hydrogens is 270 g/mol. The smallest absolute Gasteiger partial charge is 0.335 e. The first-order chi connectivity index (χ1) is 8.93. The average Bonchev–Trinajstić information content (AvgIpc) is 2.39. The van der Waals surface area contributed by atoms with E-state index in [0.717, 1.165) is 17.3 Å². The molecule has 0 atom stereocenters. The molecule has 104 valence electrons. The van der Waals surface area contributed by atoms with Gasteiger partial charge < -0.3 is 5.11 Å². The zero-order chi connectivity index (χ0) is 14.0. The summed E-state index contributed by atoms with van der Waals surface area (Å²) in [4.78, 5) is 16.1. The third-order valence-electron chi connectivity index (χ3n) is 2.98. The van der Waals surface area contributed by atoms with Crippen LogP contribution >= 0.6 is 0 Å². The fourth-order valence-electron chi connectivity index (χ4n) is 1.87. The lowest BCUT2D eigenvalue weighted by Gasteiger charge is -2.25. The lowest BCUT2D eigenvalue weighted by molar-refractivity contribution is -0.108. The lowest BCUT2D eigenvalue weighted by atomic mass is 10.1. The minimum absolute atomic E-state index is 0.0157. The molecule has 2 rings (SSSR count). The Bertz CT molecular complexity index is 590. The summed E-state index contributed by atoms with van der Waals surface area (Å²) in [5.74, 6) is -1.14. The van der Waals surface area contributed by atoms with Gasteiger partial charge in [0, 0.05) is 6.54 Å². The van der Waals surface area contributed by atoms with Crippen LogP contribution in [-0.2, 0) is 14.9 Å². The number of carboxylic acids is 1. The van der Waals surface area contributed by atoms with Crippen LogP contribution < -0.4 is 0 Å². The van der Waals surface area contributed by atoms with Crippen LogP contribution in [0.4, 0.5) is 0 Å². The fourth-order valence-corrected chi connectivity index (χ4v) is 3.20. The highest BCUT2D eigenvalue weighted by Gasteiger charge is 2.28. The summed E-state index contributed by atoms with van der Waals surface area (Å²) in [6.45, 7) is 2.27. The number of rotatable bonds is 3. The van der Waals surface area contributed by atoms with Crippen LogP contribution in [0.1, 0.15) is 28.8 Å². The largest absolute Gasteiger partial charge is 0.478 e. The molecule has 1 saturated heterocycles. The molecular formula is C12H15NO5S. The zero-order valence-corrected chi connectivity index (χ0v) is 11.3. The Balaban J connectivity index is 2.40. The standard InChI is InChI=1S/C12H15NO5S/c1-9-4-5-10(8-11(9)12(14)15)19(16,17)13-6-2-3-7-18-13/h4-5,8H,2-3,6-7H2,1H3,(H,14,15). The molecule has 1 aromatic rings. The monoisotopic (exact) mass is 285 g/mol. The number of benzene rings is 1. The van der Waals surface area contributed by atoms with E-state index in [1.807, 2.05) is 0 Å². The number of aryl methyl sites for hydroxylation is 1. The Hall–Kier alpha value is -1.44. The molecule has 1 aliphatic heterocycles. The van der Waals surface area contributed by atoms with Gasteiger partial charge in [-0.2, -0.15) is 0 Å². The second-order valence-corrected chi connectivity index (χ2v) is 6.18.